The largest absolute Gasteiger partial charge is 0.493 e. The van der Waals surface area contributed by atoms with E-state index in [1.807, 2.05) is 25.1 Å². The number of methoxy groups -OCH3 is 5. The second kappa shape index (κ2) is 8.44. The van der Waals surface area contributed by atoms with Gasteiger partial charge in [0, 0.05) is 30.6 Å². The van der Waals surface area contributed by atoms with Crippen molar-refractivity contribution < 1.29 is 33.2 Å². The number of fused-ring (bicyclic) bond motifs is 1. The fourth-order valence-corrected chi connectivity index (χ4v) is 4.07. The van der Waals surface area contributed by atoms with Crippen LogP contribution in [0.5, 0.6) is 17.2 Å². The van der Waals surface area contributed by atoms with E-state index in [0.717, 1.165) is 11.1 Å². The van der Waals surface area contributed by atoms with Gasteiger partial charge in [0.2, 0.25) is 17.3 Å². The second-order valence-electron chi connectivity index (χ2n) is 7.16. The van der Waals surface area contributed by atoms with Crippen molar-refractivity contribution in [2.45, 2.75) is 25.0 Å². The number of Topliss-reactive ketones (excluding diaryl/α,β-unsaturated/α-hetero) is 1. The Balaban J connectivity index is 2.13. The lowest BCUT2D eigenvalue weighted by Crippen LogP contribution is -2.43. The highest BCUT2D eigenvalue weighted by atomic mass is 16.5. The molecule has 7 heteroatoms. The van der Waals surface area contributed by atoms with Gasteiger partial charge in [-0.25, -0.2) is 0 Å². The molecule has 1 aliphatic carbocycles. The summed E-state index contributed by atoms with van der Waals surface area (Å²) in [5.41, 5.74) is 0.525. The smallest absolute Gasteiger partial charge is 0.237 e. The standard InChI is InChI=1S/C23H28O7/c1-8-9-23(29-7)12-15-13(2)18(30-19(15)21(28-6)22(23)24)14-10-16(25-3)20(27-5)17(11-14)26-4/h8,10-13,18H,1,9H2,2-7H3. The van der Waals surface area contributed by atoms with Crippen molar-refractivity contribution in [1.82, 2.24) is 0 Å². The maximum atomic E-state index is 13.1. The van der Waals surface area contributed by atoms with Gasteiger partial charge in [0.05, 0.1) is 28.4 Å². The van der Waals surface area contributed by atoms with Crippen LogP contribution in [0.2, 0.25) is 0 Å². The summed E-state index contributed by atoms with van der Waals surface area (Å²) in [5, 5.41) is 0. The number of hydrogen-bond donors (Lipinski definition) is 0. The van der Waals surface area contributed by atoms with Gasteiger partial charge in [0.15, 0.2) is 22.9 Å². The fourth-order valence-electron chi connectivity index (χ4n) is 4.07. The first-order valence-corrected chi connectivity index (χ1v) is 9.60. The molecular weight excluding hydrogens is 388 g/mol. The van der Waals surface area contributed by atoms with Crippen LogP contribution in [0.3, 0.4) is 0 Å². The summed E-state index contributed by atoms with van der Waals surface area (Å²) in [5.74, 6) is 1.78. The predicted octanol–water partition coefficient (Wildman–Crippen LogP) is 3.75. The van der Waals surface area contributed by atoms with Gasteiger partial charge in [-0.3, -0.25) is 4.79 Å². The van der Waals surface area contributed by atoms with Crippen LogP contribution >= 0.6 is 0 Å². The lowest BCUT2D eigenvalue weighted by Gasteiger charge is -2.31. The Bertz CT molecular complexity index is 889. The predicted molar refractivity (Wildman–Crippen MR) is 111 cm³/mol. The highest BCUT2D eigenvalue weighted by Crippen LogP contribution is 2.51. The van der Waals surface area contributed by atoms with E-state index in [0.29, 0.717) is 29.4 Å². The minimum absolute atomic E-state index is 0.0830. The Hall–Kier alpha value is -2.93. The molecule has 3 rings (SSSR count). The highest BCUT2D eigenvalue weighted by Gasteiger charge is 2.50. The zero-order chi connectivity index (χ0) is 22.1. The van der Waals surface area contributed by atoms with Gasteiger partial charge in [-0.2, -0.15) is 0 Å². The van der Waals surface area contributed by atoms with Gasteiger partial charge >= 0.3 is 0 Å². The average Bonchev–Trinajstić information content (AvgIpc) is 3.08. The van der Waals surface area contributed by atoms with Crippen LogP contribution in [-0.2, 0) is 19.0 Å². The van der Waals surface area contributed by atoms with Crippen molar-refractivity contribution >= 4 is 5.78 Å². The molecule has 3 atom stereocenters. The SMILES string of the molecule is C=CCC1(OC)C=C2C(=C(OC)C1=O)OC(c1cc(OC)c(OC)c(OC)c1)C2C. The number of rotatable bonds is 8. The molecule has 0 bridgehead atoms. The molecule has 1 aromatic rings. The quantitative estimate of drug-likeness (QED) is 0.598. The average molecular weight is 416 g/mol. The number of carbonyl (C=O) groups excluding carboxylic acids is 1. The minimum Gasteiger partial charge on any atom is -0.493 e. The van der Waals surface area contributed by atoms with Gasteiger partial charge in [0.25, 0.3) is 0 Å². The molecule has 0 amide bonds. The molecular formula is C23H28O7. The van der Waals surface area contributed by atoms with Crippen molar-refractivity contribution in [2.75, 3.05) is 35.5 Å². The number of hydrogen-bond acceptors (Lipinski definition) is 7. The van der Waals surface area contributed by atoms with E-state index >= 15 is 0 Å². The molecule has 162 valence electrons. The van der Waals surface area contributed by atoms with Crippen LogP contribution in [0.25, 0.3) is 0 Å². The number of ketones is 1. The van der Waals surface area contributed by atoms with E-state index in [-0.39, 0.29) is 23.6 Å². The molecule has 0 aromatic heterocycles. The molecule has 0 radical (unpaired) electrons. The van der Waals surface area contributed by atoms with Gasteiger partial charge in [-0.1, -0.05) is 13.0 Å². The zero-order valence-corrected chi connectivity index (χ0v) is 18.2. The van der Waals surface area contributed by atoms with Crippen LogP contribution in [-0.4, -0.2) is 46.9 Å². The molecule has 1 fully saturated rings. The Morgan fingerprint density at radius 1 is 1.07 bits per heavy atom. The topological polar surface area (TPSA) is 72.5 Å². The van der Waals surface area contributed by atoms with E-state index in [1.54, 1.807) is 27.4 Å². The van der Waals surface area contributed by atoms with E-state index in [1.165, 1.54) is 14.2 Å². The first kappa shape index (κ1) is 21.8. The van der Waals surface area contributed by atoms with E-state index < -0.39 is 5.60 Å². The second-order valence-corrected chi connectivity index (χ2v) is 7.16. The van der Waals surface area contributed by atoms with Crippen molar-refractivity contribution in [3.05, 3.63) is 53.5 Å². The normalized spacial score (nSPS) is 25.3. The first-order chi connectivity index (χ1) is 14.4. The first-order valence-electron chi connectivity index (χ1n) is 9.60. The third kappa shape index (κ3) is 3.23. The maximum absolute atomic E-state index is 13.1. The third-order valence-electron chi connectivity index (χ3n) is 5.67. The van der Waals surface area contributed by atoms with E-state index in [2.05, 4.69) is 6.58 Å². The molecule has 1 aromatic carbocycles. The van der Waals surface area contributed by atoms with Crippen LogP contribution in [0, 0.1) is 5.92 Å². The minimum atomic E-state index is -1.16. The summed E-state index contributed by atoms with van der Waals surface area (Å²) in [7, 11) is 7.65. The van der Waals surface area contributed by atoms with Gasteiger partial charge in [0.1, 0.15) is 6.10 Å². The number of benzene rings is 1. The van der Waals surface area contributed by atoms with Crippen LogP contribution < -0.4 is 14.2 Å². The van der Waals surface area contributed by atoms with Gasteiger partial charge in [-0.05, 0) is 18.2 Å². The molecule has 2 aliphatic rings. The number of allylic oxidation sites excluding steroid dienone is 1. The summed E-state index contributed by atoms with van der Waals surface area (Å²) in [6, 6.07) is 3.70. The Morgan fingerprint density at radius 3 is 2.17 bits per heavy atom. The third-order valence-corrected chi connectivity index (χ3v) is 5.67. The molecule has 0 spiro atoms. The molecule has 1 saturated heterocycles. The van der Waals surface area contributed by atoms with Crippen molar-refractivity contribution in [2.24, 2.45) is 5.92 Å². The maximum Gasteiger partial charge on any atom is 0.237 e. The molecule has 0 saturated carbocycles. The summed E-state index contributed by atoms with van der Waals surface area (Å²) in [6.45, 7) is 5.80. The van der Waals surface area contributed by atoms with Gasteiger partial charge < -0.3 is 28.4 Å². The van der Waals surface area contributed by atoms with Crippen molar-refractivity contribution in [3.8, 4) is 17.2 Å². The highest BCUT2D eigenvalue weighted by molar-refractivity contribution is 6.04. The van der Waals surface area contributed by atoms with E-state index in [4.69, 9.17) is 28.4 Å². The fraction of sp³-hybridized carbons (Fsp3) is 0.435. The van der Waals surface area contributed by atoms with Crippen LogP contribution in [0.15, 0.2) is 48.0 Å². The van der Waals surface area contributed by atoms with Gasteiger partial charge in [-0.15, -0.1) is 6.58 Å². The summed E-state index contributed by atoms with van der Waals surface area (Å²) >= 11 is 0. The lowest BCUT2D eigenvalue weighted by atomic mass is 9.81. The van der Waals surface area contributed by atoms with Crippen LogP contribution in [0.1, 0.15) is 25.0 Å². The van der Waals surface area contributed by atoms with E-state index in [9.17, 15) is 4.79 Å². The zero-order valence-electron chi connectivity index (χ0n) is 18.2. The molecule has 1 aliphatic heterocycles. The number of carbonyl (C=O) groups is 1. The molecule has 0 N–H and O–H groups in total. The summed E-state index contributed by atoms with van der Waals surface area (Å²) in [6.07, 6.45) is 3.44. The Morgan fingerprint density at radius 2 is 1.70 bits per heavy atom. The van der Waals surface area contributed by atoms with Crippen LogP contribution in [0.4, 0.5) is 0 Å². The monoisotopic (exact) mass is 416 g/mol. The molecule has 3 unspecified atom stereocenters. The Kier molecular flexibility index (Phi) is 6.12. The molecule has 1 heterocycles. The summed E-state index contributed by atoms with van der Waals surface area (Å²) in [4.78, 5) is 13.1. The Labute approximate surface area is 176 Å². The van der Waals surface area contributed by atoms with Crippen molar-refractivity contribution in [3.63, 3.8) is 0 Å². The van der Waals surface area contributed by atoms with Crippen molar-refractivity contribution in [1.29, 1.82) is 0 Å². The molecule has 7 nitrogen and oxygen atoms in total. The lowest BCUT2D eigenvalue weighted by molar-refractivity contribution is -0.135. The number of ether oxygens (including phenoxy) is 6. The molecule has 30 heavy (non-hydrogen) atoms. The summed E-state index contributed by atoms with van der Waals surface area (Å²) < 4.78 is 33.7.